The summed E-state index contributed by atoms with van der Waals surface area (Å²) < 4.78 is 1.62. The SMILES string of the molecule is CC(CO)N(C)C(=O)c1ccc(-n2ccnn2)cc1. The summed E-state index contributed by atoms with van der Waals surface area (Å²) in [6.45, 7) is 1.74. The Hall–Kier alpha value is -2.21. The molecule has 0 saturated heterocycles. The highest BCUT2D eigenvalue weighted by Gasteiger charge is 2.16. The van der Waals surface area contributed by atoms with Crippen molar-refractivity contribution in [2.75, 3.05) is 13.7 Å². The van der Waals surface area contributed by atoms with E-state index in [0.29, 0.717) is 5.56 Å². The van der Waals surface area contributed by atoms with Crippen molar-refractivity contribution in [3.63, 3.8) is 0 Å². The van der Waals surface area contributed by atoms with E-state index >= 15 is 0 Å². The molecule has 2 rings (SSSR count). The van der Waals surface area contributed by atoms with Crippen LogP contribution in [0.3, 0.4) is 0 Å². The highest BCUT2D eigenvalue weighted by molar-refractivity contribution is 5.94. The predicted molar refractivity (Wildman–Crippen MR) is 70.0 cm³/mol. The molecule has 1 amide bonds. The van der Waals surface area contributed by atoms with Gasteiger partial charge in [0.25, 0.3) is 5.91 Å². The quantitative estimate of drug-likeness (QED) is 0.879. The molecule has 0 fully saturated rings. The van der Waals surface area contributed by atoms with Crippen LogP contribution in [0, 0.1) is 0 Å². The van der Waals surface area contributed by atoms with Crippen molar-refractivity contribution in [1.82, 2.24) is 19.9 Å². The topological polar surface area (TPSA) is 71.2 Å². The summed E-state index contributed by atoms with van der Waals surface area (Å²) in [5, 5.41) is 16.7. The molecule has 0 saturated carbocycles. The van der Waals surface area contributed by atoms with E-state index < -0.39 is 0 Å². The van der Waals surface area contributed by atoms with Crippen molar-refractivity contribution >= 4 is 5.91 Å². The van der Waals surface area contributed by atoms with Crippen molar-refractivity contribution in [3.05, 3.63) is 42.2 Å². The van der Waals surface area contributed by atoms with Crippen LogP contribution in [0.5, 0.6) is 0 Å². The predicted octanol–water partition coefficient (Wildman–Crippen LogP) is 0.720. The molecule has 0 bridgehead atoms. The summed E-state index contributed by atoms with van der Waals surface area (Å²) in [6, 6.07) is 6.88. The van der Waals surface area contributed by atoms with Crippen molar-refractivity contribution in [2.24, 2.45) is 0 Å². The molecule has 0 aliphatic rings. The zero-order valence-corrected chi connectivity index (χ0v) is 10.9. The second kappa shape index (κ2) is 5.62. The summed E-state index contributed by atoms with van der Waals surface area (Å²) >= 11 is 0. The maximum absolute atomic E-state index is 12.1. The third-order valence-electron chi connectivity index (χ3n) is 3.05. The Labute approximate surface area is 111 Å². The minimum Gasteiger partial charge on any atom is -0.394 e. The average Bonchev–Trinajstić information content (AvgIpc) is 2.99. The van der Waals surface area contributed by atoms with Crippen LogP contribution in [-0.2, 0) is 0 Å². The Morgan fingerprint density at radius 1 is 1.42 bits per heavy atom. The van der Waals surface area contributed by atoms with Crippen molar-refractivity contribution in [1.29, 1.82) is 0 Å². The fourth-order valence-corrected chi connectivity index (χ4v) is 1.63. The maximum atomic E-state index is 12.1. The van der Waals surface area contributed by atoms with Gasteiger partial charge in [0.05, 0.1) is 30.7 Å². The van der Waals surface area contributed by atoms with Crippen molar-refractivity contribution in [2.45, 2.75) is 13.0 Å². The third kappa shape index (κ3) is 2.79. The summed E-state index contributed by atoms with van der Waals surface area (Å²) in [4.78, 5) is 13.6. The van der Waals surface area contributed by atoms with E-state index in [2.05, 4.69) is 10.3 Å². The minimum absolute atomic E-state index is 0.0563. The number of carbonyl (C=O) groups excluding carboxylic acids is 1. The smallest absolute Gasteiger partial charge is 0.253 e. The van der Waals surface area contributed by atoms with Crippen LogP contribution in [0.25, 0.3) is 5.69 Å². The van der Waals surface area contributed by atoms with E-state index in [1.54, 1.807) is 55.3 Å². The second-order valence-corrected chi connectivity index (χ2v) is 4.34. The summed E-state index contributed by atoms with van der Waals surface area (Å²) in [7, 11) is 1.68. The molecule has 0 spiro atoms. The van der Waals surface area contributed by atoms with Crippen LogP contribution in [0.4, 0.5) is 0 Å². The van der Waals surface area contributed by atoms with Gasteiger partial charge in [-0.2, -0.15) is 0 Å². The lowest BCUT2D eigenvalue weighted by atomic mass is 10.1. The molecule has 1 heterocycles. The molecule has 0 aliphatic heterocycles. The zero-order valence-electron chi connectivity index (χ0n) is 10.9. The number of nitrogens with zero attached hydrogens (tertiary/aromatic N) is 4. The van der Waals surface area contributed by atoms with Gasteiger partial charge in [-0.05, 0) is 31.2 Å². The van der Waals surface area contributed by atoms with Crippen LogP contribution in [0.2, 0.25) is 0 Å². The molecule has 1 atom stereocenters. The number of hydrogen-bond donors (Lipinski definition) is 1. The van der Waals surface area contributed by atoms with Crippen molar-refractivity contribution < 1.29 is 9.90 Å². The normalized spacial score (nSPS) is 12.2. The molecular weight excluding hydrogens is 244 g/mol. The first-order valence-electron chi connectivity index (χ1n) is 5.98. The highest BCUT2D eigenvalue weighted by atomic mass is 16.3. The fourth-order valence-electron chi connectivity index (χ4n) is 1.63. The number of benzene rings is 1. The van der Waals surface area contributed by atoms with E-state index in [9.17, 15) is 4.79 Å². The molecule has 100 valence electrons. The van der Waals surface area contributed by atoms with Gasteiger partial charge in [0.1, 0.15) is 0 Å². The molecule has 0 radical (unpaired) electrons. The van der Waals surface area contributed by atoms with E-state index in [-0.39, 0.29) is 18.6 Å². The Morgan fingerprint density at radius 3 is 2.63 bits per heavy atom. The Bertz CT molecular complexity index is 536. The number of aliphatic hydroxyl groups excluding tert-OH is 1. The van der Waals surface area contributed by atoms with Gasteiger partial charge in [-0.25, -0.2) is 4.68 Å². The minimum atomic E-state index is -0.206. The van der Waals surface area contributed by atoms with E-state index in [0.717, 1.165) is 5.69 Å². The molecule has 19 heavy (non-hydrogen) atoms. The van der Waals surface area contributed by atoms with Crippen LogP contribution in [-0.4, -0.2) is 50.6 Å². The van der Waals surface area contributed by atoms with Gasteiger partial charge in [-0.15, -0.1) is 5.10 Å². The van der Waals surface area contributed by atoms with E-state index in [1.165, 1.54) is 4.90 Å². The van der Waals surface area contributed by atoms with Crippen LogP contribution in [0.15, 0.2) is 36.7 Å². The molecular formula is C13H16N4O2. The Morgan fingerprint density at radius 2 is 2.11 bits per heavy atom. The number of aliphatic hydroxyl groups is 1. The molecule has 6 heteroatoms. The number of amides is 1. The summed E-state index contributed by atoms with van der Waals surface area (Å²) in [5.41, 5.74) is 1.42. The number of carbonyl (C=O) groups is 1. The maximum Gasteiger partial charge on any atom is 0.253 e. The molecule has 0 aliphatic carbocycles. The molecule has 2 aromatic rings. The van der Waals surface area contributed by atoms with Gasteiger partial charge >= 0.3 is 0 Å². The van der Waals surface area contributed by atoms with Crippen molar-refractivity contribution in [3.8, 4) is 5.69 Å². The van der Waals surface area contributed by atoms with Crippen LogP contribution < -0.4 is 0 Å². The van der Waals surface area contributed by atoms with Gasteiger partial charge in [-0.3, -0.25) is 4.79 Å². The van der Waals surface area contributed by atoms with Crippen LogP contribution in [0.1, 0.15) is 17.3 Å². The molecule has 1 N–H and O–H groups in total. The number of likely N-dealkylation sites (N-methyl/N-ethyl adjacent to an activating group) is 1. The van der Waals surface area contributed by atoms with Crippen LogP contribution >= 0.6 is 0 Å². The Kier molecular flexibility index (Phi) is 3.91. The van der Waals surface area contributed by atoms with Gasteiger partial charge in [-0.1, -0.05) is 5.21 Å². The molecule has 1 unspecified atom stereocenters. The second-order valence-electron chi connectivity index (χ2n) is 4.34. The molecule has 1 aromatic heterocycles. The van der Waals surface area contributed by atoms with Gasteiger partial charge in [0.15, 0.2) is 0 Å². The third-order valence-corrected chi connectivity index (χ3v) is 3.05. The number of rotatable bonds is 4. The van der Waals surface area contributed by atoms with Gasteiger partial charge in [0, 0.05) is 12.6 Å². The van der Waals surface area contributed by atoms with Gasteiger partial charge < -0.3 is 10.0 Å². The highest BCUT2D eigenvalue weighted by Crippen LogP contribution is 2.11. The monoisotopic (exact) mass is 260 g/mol. The fraction of sp³-hybridized carbons (Fsp3) is 0.308. The first kappa shape index (κ1) is 13.2. The first-order valence-corrected chi connectivity index (χ1v) is 5.98. The standard InChI is InChI=1S/C13H16N4O2/c1-10(9-18)16(2)13(19)11-3-5-12(6-4-11)17-8-7-14-15-17/h3-8,10,18H,9H2,1-2H3. The summed E-state index contributed by atoms with van der Waals surface area (Å²) in [6.07, 6.45) is 3.33. The first-order chi connectivity index (χ1) is 9.13. The van der Waals surface area contributed by atoms with E-state index in [4.69, 9.17) is 5.11 Å². The zero-order chi connectivity index (χ0) is 13.8. The van der Waals surface area contributed by atoms with E-state index in [1.807, 2.05) is 0 Å². The van der Waals surface area contributed by atoms with Gasteiger partial charge in [0.2, 0.25) is 0 Å². The average molecular weight is 260 g/mol. The number of aromatic nitrogens is 3. The largest absolute Gasteiger partial charge is 0.394 e. The summed E-state index contributed by atoms with van der Waals surface area (Å²) in [5.74, 6) is -0.119. The lowest BCUT2D eigenvalue weighted by molar-refractivity contribution is 0.0682. The molecule has 6 nitrogen and oxygen atoms in total. The lowest BCUT2D eigenvalue weighted by Gasteiger charge is -2.23. The number of hydrogen-bond acceptors (Lipinski definition) is 4. The Balaban J connectivity index is 2.17. The molecule has 1 aromatic carbocycles. The lowest BCUT2D eigenvalue weighted by Crippen LogP contribution is -2.37.